The van der Waals surface area contributed by atoms with Crippen molar-refractivity contribution in [3.63, 3.8) is 0 Å². The first kappa shape index (κ1) is 17.4. The number of nitrogens with one attached hydrogen (secondary N) is 1. The van der Waals surface area contributed by atoms with E-state index in [4.69, 9.17) is 0 Å². The molecule has 0 radical (unpaired) electrons. The predicted molar refractivity (Wildman–Crippen MR) is 99.6 cm³/mol. The van der Waals surface area contributed by atoms with Crippen molar-refractivity contribution in [1.29, 1.82) is 0 Å². The first-order chi connectivity index (χ1) is 12.8. The van der Waals surface area contributed by atoms with Gasteiger partial charge in [-0.2, -0.15) is 0 Å². The standard InChI is InChI=1S/C20H24N2O4S/c23-18-16-3-1-2-4-17(16)19(24)22(18)5-6-27(25,26)21-20-10-13-7-14(11-20)9-15(8-13)12-20/h1-4,13-15,21H,5-12H2. The van der Waals surface area contributed by atoms with E-state index in [1.54, 1.807) is 24.3 Å². The van der Waals surface area contributed by atoms with Crippen LogP contribution in [0.3, 0.4) is 0 Å². The number of nitrogens with zero attached hydrogens (tertiary/aromatic N) is 1. The van der Waals surface area contributed by atoms with Crippen LogP contribution >= 0.6 is 0 Å². The number of fused-ring (bicyclic) bond motifs is 1. The molecule has 0 spiro atoms. The van der Waals surface area contributed by atoms with Gasteiger partial charge in [0.15, 0.2) is 0 Å². The number of hydrogen-bond donors (Lipinski definition) is 1. The third kappa shape index (κ3) is 2.91. The van der Waals surface area contributed by atoms with E-state index in [9.17, 15) is 18.0 Å². The summed E-state index contributed by atoms with van der Waals surface area (Å²) in [4.78, 5) is 25.9. The molecular weight excluding hydrogens is 364 g/mol. The van der Waals surface area contributed by atoms with Crippen LogP contribution in [0.5, 0.6) is 0 Å². The average molecular weight is 388 g/mol. The molecule has 0 unspecified atom stereocenters. The summed E-state index contributed by atoms with van der Waals surface area (Å²) in [6, 6.07) is 6.63. The lowest BCUT2D eigenvalue weighted by Crippen LogP contribution is -2.60. The second-order valence-corrected chi connectivity index (χ2v) is 10.8. The molecule has 27 heavy (non-hydrogen) atoms. The van der Waals surface area contributed by atoms with Gasteiger partial charge in [0.25, 0.3) is 11.8 Å². The van der Waals surface area contributed by atoms with Gasteiger partial charge in [0.05, 0.1) is 16.9 Å². The number of sulfonamides is 1. The van der Waals surface area contributed by atoms with Crippen molar-refractivity contribution >= 4 is 21.8 Å². The molecule has 4 saturated carbocycles. The Hall–Kier alpha value is -1.73. The molecule has 6 rings (SSSR count). The zero-order chi connectivity index (χ0) is 18.8. The summed E-state index contributed by atoms with van der Waals surface area (Å²) in [5.41, 5.74) is 0.415. The Morgan fingerprint density at radius 1 is 0.926 bits per heavy atom. The molecule has 1 aromatic rings. The third-order valence-corrected chi connectivity index (χ3v) is 8.34. The third-order valence-electron chi connectivity index (χ3n) is 6.87. The van der Waals surface area contributed by atoms with Crippen LogP contribution < -0.4 is 4.72 Å². The Morgan fingerprint density at radius 2 is 1.41 bits per heavy atom. The number of amides is 2. The maximum atomic E-state index is 12.8. The van der Waals surface area contributed by atoms with Gasteiger partial charge >= 0.3 is 0 Å². The van der Waals surface area contributed by atoms with Crippen LogP contribution in [-0.4, -0.2) is 43.0 Å². The van der Waals surface area contributed by atoms with Crippen LogP contribution in [0, 0.1) is 17.8 Å². The Kier molecular flexibility index (Phi) is 3.78. The molecule has 2 amide bonds. The second kappa shape index (κ2) is 5.88. The predicted octanol–water partition coefficient (Wildman–Crippen LogP) is 2.17. The average Bonchev–Trinajstić information content (AvgIpc) is 2.82. The van der Waals surface area contributed by atoms with Gasteiger partial charge in [0.1, 0.15) is 0 Å². The monoisotopic (exact) mass is 388 g/mol. The van der Waals surface area contributed by atoms with Crippen LogP contribution in [-0.2, 0) is 10.0 Å². The minimum atomic E-state index is -3.56. The van der Waals surface area contributed by atoms with Gasteiger partial charge in [-0.15, -0.1) is 0 Å². The number of benzene rings is 1. The SMILES string of the molecule is O=C1c2ccccc2C(=O)N1CCS(=O)(=O)NC12CC3CC(CC(C3)C1)C2. The van der Waals surface area contributed by atoms with Crippen LogP contribution in [0.1, 0.15) is 59.2 Å². The Bertz CT molecular complexity index is 853. The van der Waals surface area contributed by atoms with Gasteiger partial charge in [0.2, 0.25) is 10.0 Å². The van der Waals surface area contributed by atoms with Crippen LogP contribution in [0.15, 0.2) is 24.3 Å². The van der Waals surface area contributed by atoms with E-state index >= 15 is 0 Å². The summed E-state index contributed by atoms with van der Waals surface area (Å²) in [6.45, 7) is -0.103. The fraction of sp³-hybridized carbons (Fsp3) is 0.600. The maximum absolute atomic E-state index is 12.8. The topological polar surface area (TPSA) is 83.6 Å². The van der Waals surface area contributed by atoms with E-state index in [0.29, 0.717) is 28.9 Å². The molecule has 5 aliphatic rings. The van der Waals surface area contributed by atoms with Gasteiger partial charge in [-0.05, 0) is 68.4 Å². The summed E-state index contributed by atoms with van der Waals surface area (Å²) >= 11 is 0. The molecule has 4 bridgehead atoms. The molecule has 0 saturated heterocycles. The highest BCUT2D eigenvalue weighted by molar-refractivity contribution is 7.89. The van der Waals surface area contributed by atoms with E-state index in [-0.39, 0.29) is 17.8 Å². The summed E-state index contributed by atoms with van der Waals surface area (Å²) in [7, 11) is -3.56. The molecule has 0 aromatic heterocycles. The van der Waals surface area contributed by atoms with Crippen molar-refractivity contribution < 1.29 is 18.0 Å². The van der Waals surface area contributed by atoms with Crippen LogP contribution in [0.25, 0.3) is 0 Å². The summed E-state index contributed by atoms with van der Waals surface area (Å²) in [6.07, 6.45) is 6.55. The maximum Gasteiger partial charge on any atom is 0.261 e. The first-order valence-corrected chi connectivity index (χ1v) is 11.5. The number of imide groups is 1. The van der Waals surface area contributed by atoms with Crippen molar-refractivity contribution in [1.82, 2.24) is 9.62 Å². The highest BCUT2D eigenvalue weighted by Crippen LogP contribution is 2.55. The Labute approximate surface area is 159 Å². The lowest BCUT2D eigenvalue weighted by Gasteiger charge is -2.56. The van der Waals surface area contributed by atoms with E-state index in [0.717, 1.165) is 24.2 Å². The molecule has 144 valence electrons. The van der Waals surface area contributed by atoms with Gasteiger partial charge in [-0.25, -0.2) is 13.1 Å². The first-order valence-electron chi connectivity index (χ1n) is 9.81. The Morgan fingerprint density at radius 3 is 1.89 bits per heavy atom. The molecule has 4 aliphatic carbocycles. The molecule has 6 nitrogen and oxygen atoms in total. The van der Waals surface area contributed by atoms with Crippen LogP contribution in [0.4, 0.5) is 0 Å². The lowest BCUT2D eigenvalue weighted by atomic mass is 9.53. The van der Waals surface area contributed by atoms with Gasteiger partial charge < -0.3 is 0 Å². The minimum absolute atomic E-state index is 0.103. The summed E-state index contributed by atoms with van der Waals surface area (Å²) in [5.74, 6) is 0.905. The number of hydrogen-bond acceptors (Lipinski definition) is 4. The van der Waals surface area contributed by atoms with Crippen molar-refractivity contribution in [2.75, 3.05) is 12.3 Å². The quantitative estimate of drug-likeness (QED) is 0.784. The Balaban J connectivity index is 1.28. The van der Waals surface area contributed by atoms with E-state index < -0.39 is 21.8 Å². The molecule has 1 N–H and O–H groups in total. The van der Waals surface area contributed by atoms with Crippen LogP contribution in [0.2, 0.25) is 0 Å². The summed E-state index contributed by atoms with van der Waals surface area (Å²) in [5, 5.41) is 0. The smallest absolute Gasteiger partial charge is 0.261 e. The van der Waals surface area contributed by atoms with Crippen molar-refractivity contribution in [3.05, 3.63) is 35.4 Å². The van der Waals surface area contributed by atoms with E-state index in [1.807, 2.05) is 0 Å². The van der Waals surface area contributed by atoms with Gasteiger partial charge in [-0.1, -0.05) is 12.1 Å². The molecule has 1 aromatic carbocycles. The van der Waals surface area contributed by atoms with E-state index in [1.165, 1.54) is 19.3 Å². The largest absolute Gasteiger partial charge is 0.273 e. The minimum Gasteiger partial charge on any atom is -0.273 e. The fourth-order valence-electron chi connectivity index (χ4n) is 6.27. The van der Waals surface area contributed by atoms with Gasteiger partial charge in [-0.3, -0.25) is 14.5 Å². The van der Waals surface area contributed by atoms with Crippen molar-refractivity contribution in [2.45, 2.75) is 44.1 Å². The molecule has 1 heterocycles. The fourth-order valence-corrected chi connectivity index (χ4v) is 7.70. The van der Waals surface area contributed by atoms with Crippen molar-refractivity contribution in [2.24, 2.45) is 17.8 Å². The van der Waals surface area contributed by atoms with E-state index in [2.05, 4.69) is 4.72 Å². The second-order valence-electron chi connectivity index (χ2n) is 8.93. The lowest BCUT2D eigenvalue weighted by molar-refractivity contribution is -0.00809. The number of carbonyl (C=O) groups excluding carboxylic acids is 2. The zero-order valence-electron chi connectivity index (χ0n) is 15.2. The number of carbonyl (C=O) groups is 2. The molecule has 1 aliphatic heterocycles. The zero-order valence-corrected chi connectivity index (χ0v) is 16.0. The van der Waals surface area contributed by atoms with Crippen molar-refractivity contribution in [3.8, 4) is 0 Å². The molecular formula is C20H24N2O4S. The molecule has 0 atom stereocenters. The number of rotatable bonds is 5. The van der Waals surface area contributed by atoms with Gasteiger partial charge in [0, 0.05) is 12.1 Å². The normalized spacial score (nSPS) is 34.4. The molecule has 4 fully saturated rings. The highest BCUT2D eigenvalue weighted by Gasteiger charge is 2.52. The summed E-state index contributed by atoms with van der Waals surface area (Å²) < 4.78 is 28.6. The molecule has 7 heteroatoms. The highest BCUT2D eigenvalue weighted by atomic mass is 32.2.